The first-order valence-electron chi connectivity index (χ1n) is 8.42. The average molecular weight is 357 g/mol. The number of aromatic nitrogens is 4. The predicted octanol–water partition coefficient (Wildman–Crippen LogP) is 3.43. The van der Waals surface area contributed by atoms with E-state index in [1.807, 2.05) is 6.92 Å². The summed E-state index contributed by atoms with van der Waals surface area (Å²) in [6, 6.07) is 4.74. The van der Waals surface area contributed by atoms with Crippen molar-refractivity contribution in [3.63, 3.8) is 0 Å². The first kappa shape index (κ1) is 16.6. The number of halogens is 2. The van der Waals surface area contributed by atoms with Gasteiger partial charge in [0.1, 0.15) is 11.3 Å². The molecule has 1 fully saturated rings. The van der Waals surface area contributed by atoms with Gasteiger partial charge >= 0.3 is 0 Å². The first-order valence-corrected chi connectivity index (χ1v) is 8.42. The number of carbonyl (C=O) groups excluding carboxylic acids is 1. The van der Waals surface area contributed by atoms with Crippen LogP contribution in [-0.2, 0) is 0 Å². The maximum atomic E-state index is 13.4. The van der Waals surface area contributed by atoms with Crippen LogP contribution in [0.4, 0.5) is 8.78 Å². The van der Waals surface area contributed by atoms with Crippen molar-refractivity contribution in [1.82, 2.24) is 24.9 Å². The van der Waals surface area contributed by atoms with E-state index in [2.05, 4.69) is 20.4 Å². The topological polar surface area (TPSA) is 72.2 Å². The summed E-state index contributed by atoms with van der Waals surface area (Å²) in [6.07, 6.45) is 3.75. The Balaban J connectivity index is 1.69. The molecule has 8 heteroatoms. The Morgan fingerprint density at radius 3 is 2.69 bits per heavy atom. The molecule has 0 unspecified atom stereocenters. The van der Waals surface area contributed by atoms with Crippen LogP contribution in [0.15, 0.2) is 36.8 Å². The number of nitrogens with zero attached hydrogens (tertiary/aromatic N) is 4. The Morgan fingerprint density at radius 1 is 1.31 bits per heavy atom. The summed E-state index contributed by atoms with van der Waals surface area (Å²) in [5, 5.41) is 6.82. The molecule has 1 saturated carbocycles. The van der Waals surface area contributed by atoms with Gasteiger partial charge in [-0.2, -0.15) is 5.10 Å². The maximum absolute atomic E-state index is 13.4. The zero-order valence-electron chi connectivity index (χ0n) is 14.1. The minimum absolute atomic E-state index is 0.170. The average Bonchev–Trinajstić information content (AvgIpc) is 3.40. The monoisotopic (exact) mass is 357 g/mol. The van der Waals surface area contributed by atoms with Gasteiger partial charge in [0.2, 0.25) is 0 Å². The molecule has 0 radical (unpaired) electrons. The fourth-order valence-electron chi connectivity index (χ4n) is 2.92. The van der Waals surface area contributed by atoms with E-state index < -0.39 is 12.3 Å². The highest BCUT2D eigenvalue weighted by molar-refractivity contribution is 5.99. The molecular weight excluding hydrogens is 340 g/mol. The Morgan fingerprint density at radius 2 is 2.04 bits per heavy atom. The lowest BCUT2D eigenvalue weighted by atomic mass is 10.1. The second-order valence-electron chi connectivity index (χ2n) is 6.45. The molecule has 134 valence electrons. The van der Waals surface area contributed by atoms with Gasteiger partial charge in [-0.1, -0.05) is 0 Å². The maximum Gasteiger partial charge on any atom is 0.280 e. The van der Waals surface area contributed by atoms with Crippen LogP contribution in [0.25, 0.3) is 5.65 Å². The minimum Gasteiger partial charge on any atom is -0.345 e. The van der Waals surface area contributed by atoms with E-state index in [0.717, 1.165) is 22.9 Å². The molecule has 4 rings (SSSR count). The number of nitrogens with one attached hydrogen (secondary N) is 1. The summed E-state index contributed by atoms with van der Waals surface area (Å²) in [7, 11) is 0. The molecule has 3 aromatic rings. The number of amides is 1. The smallest absolute Gasteiger partial charge is 0.280 e. The standard InChI is InChI=1S/C18H17F2N5O/c1-10(11-4-6-21-7-5-11)23-18(26)13-9-22-25-15(16(19)20)8-14(12-2-3-12)24-17(13)25/h4-10,12,16H,2-3H2,1H3,(H,23,26)/t10-/m1/s1. The molecule has 1 amide bonds. The second kappa shape index (κ2) is 6.44. The summed E-state index contributed by atoms with van der Waals surface area (Å²) >= 11 is 0. The zero-order valence-corrected chi connectivity index (χ0v) is 14.1. The largest absolute Gasteiger partial charge is 0.345 e. The third kappa shape index (κ3) is 3.02. The van der Waals surface area contributed by atoms with Crippen molar-refractivity contribution < 1.29 is 13.6 Å². The molecule has 0 aromatic carbocycles. The number of fused-ring (bicyclic) bond motifs is 1. The normalized spacial score (nSPS) is 15.4. The lowest BCUT2D eigenvalue weighted by Crippen LogP contribution is -2.26. The van der Waals surface area contributed by atoms with Crippen molar-refractivity contribution in [2.75, 3.05) is 0 Å². The first-order chi connectivity index (χ1) is 12.5. The van der Waals surface area contributed by atoms with Crippen LogP contribution in [-0.4, -0.2) is 25.5 Å². The summed E-state index contributed by atoms with van der Waals surface area (Å²) in [4.78, 5) is 21.1. The van der Waals surface area contributed by atoms with Gasteiger partial charge in [-0.3, -0.25) is 9.78 Å². The molecule has 0 spiro atoms. The third-order valence-corrected chi connectivity index (χ3v) is 4.54. The summed E-state index contributed by atoms with van der Waals surface area (Å²) in [5.74, 6) is -0.205. The fraction of sp³-hybridized carbons (Fsp3) is 0.333. The van der Waals surface area contributed by atoms with E-state index in [1.54, 1.807) is 24.5 Å². The van der Waals surface area contributed by atoms with Crippen molar-refractivity contribution in [2.45, 2.75) is 38.2 Å². The number of rotatable bonds is 5. The van der Waals surface area contributed by atoms with Gasteiger partial charge in [-0.05, 0) is 43.5 Å². The Bertz CT molecular complexity index is 953. The van der Waals surface area contributed by atoms with Crippen molar-refractivity contribution >= 4 is 11.6 Å². The molecule has 0 bridgehead atoms. The van der Waals surface area contributed by atoms with Crippen LogP contribution in [0.2, 0.25) is 0 Å². The summed E-state index contributed by atoms with van der Waals surface area (Å²) in [5.41, 5.74) is 1.62. The molecule has 3 heterocycles. The van der Waals surface area contributed by atoms with E-state index >= 15 is 0 Å². The highest BCUT2D eigenvalue weighted by atomic mass is 19.3. The van der Waals surface area contributed by atoms with Gasteiger partial charge in [0.15, 0.2) is 5.65 Å². The van der Waals surface area contributed by atoms with Crippen LogP contribution in [0, 0.1) is 0 Å². The minimum atomic E-state index is -2.69. The predicted molar refractivity (Wildman–Crippen MR) is 90.0 cm³/mol. The van der Waals surface area contributed by atoms with E-state index in [1.165, 1.54) is 12.3 Å². The van der Waals surface area contributed by atoms with E-state index in [0.29, 0.717) is 5.69 Å². The highest BCUT2D eigenvalue weighted by Gasteiger charge is 2.29. The van der Waals surface area contributed by atoms with Crippen LogP contribution in [0.3, 0.4) is 0 Å². The fourth-order valence-corrected chi connectivity index (χ4v) is 2.92. The Labute approximate surface area is 148 Å². The molecule has 1 N–H and O–H groups in total. The third-order valence-electron chi connectivity index (χ3n) is 4.54. The van der Waals surface area contributed by atoms with Gasteiger partial charge < -0.3 is 5.32 Å². The van der Waals surface area contributed by atoms with Gasteiger partial charge in [0, 0.05) is 24.0 Å². The summed E-state index contributed by atoms with van der Waals surface area (Å²) < 4.78 is 27.9. The van der Waals surface area contributed by atoms with E-state index in [9.17, 15) is 13.6 Å². The van der Waals surface area contributed by atoms with Gasteiger partial charge in [-0.25, -0.2) is 18.3 Å². The number of carbonyl (C=O) groups is 1. The van der Waals surface area contributed by atoms with Gasteiger partial charge in [0.05, 0.1) is 12.2 Å². The van der Waals surface area contributed by atoms with Crippen molar-refractivity contribution in [3.8, 4) is 0 Å². The molecule has 1 aliphatic rings. The van der Waals surface area contributed by atoms with Crippen LogP contribution < -0.4 is 5.32 Å². The molecule has 3 aromatic heterocycles. The van der Waals surface area contributed by atoms with Gasteiger partial charge in [-0.15, -0.1) is 0 Å². The number of alkyl halides is 2. The van der Waals surface area contributed by atoms with Crippen molar-refractivity contribution in [2.24, 2.45) is 0 Å². The molecule has 0 saturated heterocycles. The van der Waals surface area contributed by atoms with Crippen molar-refractivity contribution in [1.29, 1.82) is 0 Å². The van der Waals surface area contributed by atoms with Crippen molar-refractivity contribution in [3.05, 3.63) is 59.3 Å². The number of hydrogen-bond donors (Lipinski definition) is 1. The molecule has 1 aliphatic carbocycles. The number of pyridine rings is 1. The highest BCUT2D eigenvalue weighted by Crippen LogP contribution is 2.40. The number of hydrogen-bond acceptors (Lipinski definition) is 4. The molecule has 0 aliphatic heterocycles. The molecule has 26 heavy (non-hydrogen) atoms. The summed E-state index contributed by atoms with van der Waals surface area (Å²) in [6.45, 7) is 1.84. The quantitative estimate of drug-likeness (QED) is 0.759. The second-order valence-corrected chi connectivity index (χ2v) is 6.45. The Kier molecular flexibility index (Phi) is 4.10. The lowest BCUT2D eigenvalue weighted by Gasteiger charge is -2.13. The van der Waals surface area contributed by atoms with Crippen LogP contribution in [0.1, 0.15) is 65.5 Å². The lowest BCUT2D eigenvalue weighted by molar-refractivity contribution is 0.0941. The zero-order chi connectivity index (χ0) is 18.3. The Hall–Kier alpha value is -2.90. The molecule has 6 nitrogen and oxygen atoms in total. The van der Waals surface area contributed by atoms with E-state index in [4.69, 9.17) is 0 Å². The van der Waals surface area contributed by atoms with Crippen LogP contribution >= 0.6 is 0 Å². The SMILES string of the molecule is C[C@@H](NC(=O)c1cnn2c(C(F)F)cc(C3CC3)nc12)c1ccncc1. The van der Waals surface area contributed by atoms with Crippen LogP contribution in [0.5, 0.6) is 0 Å². The van der Waals surface area contributed by atoms with Gasteiger partial charge in [0.25, 0.3) is 12.3 Å². The molecular formula is C18H17F2N5O. The molecule has 1 atom stereocenters. The van der Waals surface area contributed by atoms with E-state index in [-0.39, 0.29) is 28.9 Å².